The Kier molecular flexibility index (Phi) is 7.01. The number of fused-ring (bicyclic) bond motifs is 1. The number of rotatable bonds is 8. The molecule has 14 heteroatoms. The number of β-lactam (4-membered cyclic amide) rings is 1. The molecule has 1 fully saturated rings. The highest BCUT2D eigenvalue weighted by Crippen LogP contribution is 2.40. The van der Waals surface area contributed by atoms with E-state index in [9.17, 15) is 29.1 Å². The first kappa shape index (κ1) is 21.7. The molecule has 0 aromatic carbocycles. The molecule has 2 heterocycles. The fourth-order valence-electron chi connectivity index (χ4n) is 2.54. The standard InChI is InChI=1S/C14H15BrN4O8S/c1-26-18-7(6(20)2-15)10(21)17-8-11(22)19-9(13(23)24)5(3-27-14(16)25)4-28-12(8)19/h8,12H,2-4H2,1H3,(H2,16,25)(H,17,21)(H,23,24)/t8?,12-/m1/s1. The third-order valence-electron chi connectivity index (χ3n) is 3.71. The van der Waals surface area contributed by atoms with Crippen LogP contribution in [-0.4, -0.2) is 81.6 Å². The maximum Gasteiger partial charge on any atom is 0.404 e. The summed E-state index contributed by atoms with van der Waals surface area (Å²) in [6, 6.07) is -1.06. The van der Waals surface area contributed by atoms with Crippen LogP contribution in [0.3, 0.4) is 0 Å². The van der Waals surface area contributed by atoms with Crippen molar-refractivity contribution in [3.8, 4) is 0 Å². The topological polar surface area (TPSA) is 178 Å². The van der Waals surface area contributed by atoms with Gasteiger partial charge in [0.2, 0.25) is 11.5 Å². The van der Waals surface area contributed by atoms with Crippen LogP contribution in [0.2, 0.25) is 0 Å². The molecule has 2 rings (SSSR count). The van der Waals surface area contributed by atoms with Crippen LogP contribution in [0.25, 0.3) is 0 Å². The van der Waals surface area contributed by atoms with Crippen LogP contribution < -0.4 is 11.1 Å². The Labute approximate surface area is 170 Å². The third kappa shape index (κ3) is 4.27. The third-order valence-corrected chi connectivity index (χ3v) is 5.56. The molecule has 2 aliphatic rings. The number of oxime groups is 1. The number of alkyl halides is 1. The summed E-state index contributed by atoms with van der Waals surface area (Å²) in [5.74, 6) is -3.52. The van der Waals surface area contributed by atoms with Gasteiger partial charge >= 0.3 is 12.1 Å². The van der Waals surface area contributed by atoms with Gasteiger partial charge in [-0.15, -0.1) is 11.8 Å². The number of halogens is 1. The summed E-state index contributed by atoms with van der Waals surface area (Å²) >= 11 is 4.07. The van der Waals surface area contributed by atoms with Gasteiger partial charge in [0.25, 0.3) is 11.8 Å². The minimum atomic E-state index is -1.39. The molecule has 12 nitrogen and oxygen atoms in total. The number of nitrogens with two attached hydrogens (primary N) is 1. The van der Waals surface area contributed by atoms with E-state index in [1.165, 1.54) is 0 Å². The summed E-state index contributed by atoms with van der Waals surface area (Å²) in [5.41, 5.74) is 4.22. The van der Waals surface area contributed by atoms with E-state index >= 15 is 0 Å². The lowest BCUT2D eigenvalue weighted by molar-refractivity contribution is -0.150. The Morgan fingerprint density at radius 1 is 1.43 bits per heavy atom. The molecule has 0 aromatic rings. The highest BCUT2D eigenvalue weighted by Gasteiger charge is 2.54. The number of aliphatic carboxylic acids is 1. The van der Waals surface area contributed by atoms with Crippen molar-refractivity contribution in [1.82, 2.24) is 10.2 Å². The Hall–Kier alpha value is -2.61. The highest BCUT2D eigenvalue weighted by molar-refractivity contribution is 9.09. The molecule has 0 spiro atoms. The summed E-state index contributed by atoms with van der Waals surface area (Å²) in [4.78, 5) is 64.3. The number of ether oxygens (including phenoxy) is 1. The molecular formula is C14H15BrN4O8S. The fourth-order valence-corrected chi connectivity index (χ4v) is 4.13. The predicted molar refractivity (Wildman–Crippen MR) is 98.5 cm³/mol. The van der Waals surface area contributed by atoms with Gasteiger partial charge in [0.15, 0.2) is 0 Å². The minimum absolute atomic E-state index is 0.134. The van der Waals surface area contributed by atoms with E-state index in [4.69, 9.17) is 5.73 Å². The number of carbonyl (C=O) groups excluding carboxylic acids is 4. The van der Waals surface area contributed by atoms with Crippen LogP contribution in [0.5, 0.6) is 0 Å². The second-order valence-electron chi connectivity index (χ2n) is 5.41. The van der Waals surface area contributed by atoms with Gasteiger partial charge in [-0.1, -0.05) is 21.1 Å². The molecule has 2 atom stereocenters. The molecule has 0 aromatic heterocycles. The van der Waals surface area contributed by atoms with Gasteiger partial charge in [-0.25, -0.2) is 9.59 Å². The van der Waals surface area contributed by atoms with Gasteiger partial charge in [0, 0.05) is 11.3 Å². The largest absolute Gasteiger partial charge is 0.477 e. The number of hydrogen-bond donors (Lipinski definition) is 3. The van der Waals surface area contributed by atoms with Crippen molar-refractivity contribution in [2.45, 2.75) is 11.4 Å². The highest BCUT2D eigenvalue weighted by atomic mass is 79.9. The second kappa shape index (κ2) is 9.05. The Balaban J connectivity index is 2.18. The quantitative estimate of drug-likeness (QED) is 0.127. The summed E-state index contributed by atoms with van der Waals surface area (Å²) < 4.78 is 4.62. The number of thioether (sulfide) groups is 1. The van der Waals surface area contributed by atoms with Crippen molar-refractivity contribution in [1.29, 1.82) is 0 Å². The lowest BCUT2D eigenvalue weighted by atomic mass is 10.0. The second-order valence-corrected chi connectivity index (χ2v) is 7.07. The normalized spacial score (nSPS) is 21.4. The van der Waals surface area contributed by atoms with Crippen LogP contribution in [0.1, 0.15) is 0 Å². The molecule has 0 saturated carbocycles. The number of primary amides is 1. The summed E-state index contributed by atoms with van der Waals surface area (Å²) in [6.45, 7) is -0.373. The average molecular weight is 479 g/mol. The first-order valence-electron chi connectivity index (χ1n) is 7.56. The first-order valence-corrected chi connectivity index (χ1v) is 9.73. The Bertz CT molecular complexity index is 798. The van der Waals surface area contributed by atoms with E-state index in [1.807, 2.05) is 0 Å². The minimum Gasteiger partial charge on any atom is -0.477 e. The zero-order chi connectivity index (χ0) is 21.0. The smallest absolute Gasteiger partial charge is 0.404 e. The molecular weight excluding hydrogens is 464 g/mol. The molecule has 28 heavy (non-hydrogen) atoms. The molecule has 152 valence electrons. The molecule has 0 aliphatic carbocycles. The molecule has 3 amide bonds. The number of carbonyl (C=O) groups is 5. The number of amides is 3. The number of nitrogens with one attached hydrogen (secondary N) is 1. The van der Waals surface area contributed by atoms with Gasteiger partial charge in [-0.3, -0.25) is 19.3 Å². The molecule has 2 aliphatic heterocycles. The van der Waals surface area contributed by atoms with Crippen molar-refractivity contribution in [3.63, 3.8) is 0 Å². The summed E-state index contributed by atoms with van der Waals surface area (Å²) in [7, 11) is 1.15. The molecule has 1 saturated heterocycles. The lowest BCUT2D eigenvalue weighted by Crippen LogP contribution is -2.71. The number of nitrogens with zero attached hydrogens (tertiary/aromatic N) is 2. The Morgan fingerprint density at radius 3 is 2.64 bits per heavy atom. The maximum atomic E-state index is 12.5. The zero-order valence-electron chi connectivity index (χ0n) is 14.3. The van der Waals surface area contributed by atoms with Gasteiger partial charge < -0.3 is 25.7 Å². The number of hydrogen-bond acceptors (Lipinski definition) is 9. The van der Waals surface area contributed by atoms with Crippen LogP contribution in [-0.2, 0) is 28.8 Å². The van der Waals surface area contributed by atoms with Crippen molar-refractivity contribution < 1.29 is 38.7 Å². The van der Waals surface area contributed by atoms with Gasteiger partial charge in [-0.2, -0.15) is 0 Å². The van der Waals surface area contributed by atoms with E-state index in [1.54, 1.807) is 0 Å². The van der Waals surface area contributed by atoms with Crippen molar-refractivity contribution in [3.05, 3.63) is 11.3 Å². The SMILES string of the molecule is CON=C(C(=O)CBr)C(=O)NC1C(=O)N2C(C(=O)O)=C(COC(N)=O)CS[C@H]12. The average Bonchev–Trinajstić information content (AvgIpc) is 2.66. The number of carboxylic acid groups (broad SMARTS) is 1. The van der Waals surface area contributed by atoms with Crippen molar-refractivity contribution >= 4 is 63.1 Å². The monoisotopic (exact) mass is 478 g/mol. The summed E-state index contributed by atoms with van der Waals surface area (Å²) in [6.07, 6.45) is -1.08. The van der Waals surface area contributed by atoms with E-state index in [-0.39, 0.29) is 29.0 Å². The fraction of sp³-hybridized carbons (Fsp3) is 0.429. The maximum absolute atomic E-state index is 12.5. The predicted octanol–water partition coefficient (Wildman–Crippen LogP) is -1.21. The van der Waals surface area contributed by atoms with Crippen LogP contribution >= 0.6 is 27.7 Å². The van der Waals surface area contributed by atoms with E-state index in [2.05, 4.69) is 36.0 Å². The van der Waals surface area contributed by atoms with Crippen molar-refractivity contribution in [2.24, 2.45) is 10.9 Å². The van der Waals surface area contributed by atoms with Crippen LogP contribution in [0.4, 0.5) is 4.79 Å². The van der Waals surface area contributed by atoms with Crippen LogP contribution in [0, 0.1) is 0 Å². The first-order chi connectivity index (χ1) is 13.2. The van der Waals surface area contributed by atoms with Crippen LogP contribution in [0.15, 0.2) is 16.4 Å². The zero-order valence-corrected chi connectivity index (χ0v) is 16.7. The Morgan fingerprint density at radius 2 is 2.11 bits per heavy atom. The number of carboxylic acids is 1. The van der Waals surface area contributed by atoms with Gasteiger partial charge in [0.1, 0.15) is 30.8 Å². The molecule has 1 unspecified atom stereocenters. The van der Waals surface area contributed by atoms with Gasteiger partial charge in [-0.05, 0) is 0 Å². The number of ketones is 1. The van der Waals surface area contributed by atoms with Gasteiger partial charge in [0.05, 0.1) is 5.33 Å². The molecule has 0 bridgehead atoms. The van der Waals surface area contributed by atoms with E-state index in [0.717, 1.165) is 23.8 Å². The summed E-state index contributed by atoms with van der Waals surface area (Å²) in [5, 5.41) is 14.3. The molecule has 0 radical (unpaired) electrons. The van der Waals surface area contributed by atoms with Crippen molar-refractivity contribution in [2.75, 3.05) is 24.8 Å². The molecule has 4 N–H and O–H groups in total. The lowest BCUT2D eigenvalue weighted by Gasteiger charge is -2.49. The van der Waals surface area contributed by atoms with E-state index < -0.39 is 46.8 Å². The van der Waals surface area contributed by atoms with E-state index in [0.29, 0.717) is 0 Å². The number of Topliss-reactive ketones (excluding diaryl/α,β-unsaturated/α-hetero) is 1.